The average molecular weight is 397 g/mol. The van der Waals surface area contributed by atoms with Crippen LogP contribution < -0.4 is 16.0 Å². The Labute approximate surface area is 163 Å². The van der Waals surface area contributed by atoms with E-state index < -0.39 is 9.84 Å². The largest absolute Gasteiger partial charge is 0.357 e. The number of carbonyl (C=O) groups is 1. The molecule has 1 rings (SSSR count). The van der Waals surface area contributed by atoms with Gasteiger partial charge < -0.3 is 16.0 Å². The number of nitrogens with one attached hydrogen (secondary N) is 3. The van der Waals surface area contributed by atoms with Crippen LogP contribution >= 0.6 is 0 Å². The molecular weight excluding hydrogens is 364 g/mol. The maximum atomic E-state index is 11.8. The van der Waals surface area contributed by atoms with Crippen LogP contribution in [0.15, 0.2) is 34.2 Å². The lowest BCUT2D eigenvalue weighted by Gasteiger charge is -2.12. The third-order valence-corrected chi connectivity index (χ3v) is 5.16. The molecule has 3 N–H and O–H groups in total. The Morgan fingerprint density at radius 3 is 2.37 bits per heavy atom. The fourth-order valence-electron chi connectivity index (χ4n) is 2.29. The van der Waals surface area contributed by atoms with Gasteiger partial charge in [0, 0.05) is 31.8 Å². The van der Waals surface area contributed by atoms with E-state index in [4.69, 9.17) is 0 Å². The van der Waals surface area contributed by atoms with Crippen LogP contribution in [0.2, 0.25) is 0 Å². The molecule has 0 saturated heterocycles. The molecule has 0 aliphatic carbocycles. The monoisotopic (exact) mass is 396 g/mol. The van der Waals surface area contributed by atoms with Gasteiger partial charge in [-0.3, -0.25) is 9.79 Å². The second-order valence-electron chi connectivity index (χ2n) is 6.48. The highest BCUT2D eigenvalue weighted by molar-refractivity contribution is 7.90. The first-order chi connectivity index (χ1) is 12.8. The van der Waals surface area contributed by atoms with Crippen LogP contribution in [0.4, 0.5) is 0 Å². The summed E-state index contributed by atoms with van der Waals surface area (Å²) in [6.07, 6.45) is 3.20. The third-order valence-electron chi connectivity index (χ3n) is 4.03. The fraction of sp³-hybridized carbons (Fsp3) is 0.579. The van der Waals surface area contributed by atoms with Crippen LogP contribution in [0.3, 0.4) is 0 Å². The molecule has 1 unspecified atom stereocenters. The first kappa shape index (κ1) is 23.0. The van der Waals surface area contributed by atoms with Crippen molar-refractivity contribution in [2.45, 2.75) is 51.0 Å². The lowest BCUT2D eigenvalue weighted by molar-refractivity contribution is -0.121. The van der Waals surface area contributed by atoms with Gasteiger partial charge in [0.2, 0.25) is 5.91 Å². The number of aliphatic imine (C=N–C) groups is 1. The predicted octanol–water partition coefficient (Wildman–Crippen LogP) is 1.49. The number of rotatable bonds is 10. The van der Waals surface area contributed by atoms with Gasteiger partial charge in [-0.15, -0.1) is 0 Å². The molecule has 0 spiro atoms. The van der Waals surface area contributed by atoms with E-state index in [9.17, 15) is 13.2 Å². The summed E-state index contributed by atoms with van der Waals surface area (Å²) in [5, 5.41) is 9.30. The molecule has 0 aliphatic rings. The minimum Gasteiger partial charge on any atom is -0.357 e. The highest BCUT2D eigenvalue weighted by Gasteiger charge is 2.07. The summed E-state index contributed by atoms with van der Waals surface area (Å²) in [4.78, 5) is 16.5. The molecule has 152 valence electrons. The van der Waals surface area contributed by atoms with Crippen LogP contribution in [-0.2, 0) is 21.1 Å². The zero-order valence-electron chi connectivity index (χ0n) is 16.7. The Morgan fingerprint density at radius 1 is 1.15 bits per heavy atom. The number of nitrogens with zero attached hydrogens (tertiary/aromatic N) is 1. The molecule has 0 bridgehead atoms. The molecule has 7 nitrogen and oxygen atoms in total. The minimum atomic E-state index is -3.17. The quantitative estimate of drug-likeness (QED) is 0.411. The maximum Gasteiger partial charge on any atom is 0.222 e. The molecule has 0 radical (unpaired) electrons. The highest BCUT2D eigenvalue weighted by atomic mass is 32.2. The maximum absolute atomic E-state index is 11.8. The summed E-state index contributed by atoms with van der Waals surface area (Å²) < 4.78 is 23.0. The number of guanidine groups is 1. The van der Waals surface area contributed by atoms with E-state index in [1.54, 1.807) is 12.1 Å². The van der Waals surface area contributed by atoms with E-state index in [1.807, 2.05) is 32.9 Å². The van der Waals surface area contributed by atoms with E-state index >= 15 is 0 Å². The minimum absolute atomic E-state index is 0.00918. The summed E-state index contributed by atoms with van der Waals surface area (Å²) in [5.41, 5.74) is 1.04. The average Bonchev–Trinajstić information content (AvgIpc) is 2.61. The molecule has 0 heterocycles. The molecule has 1 aromatic carbocycles. The molecule has 1 amide bonds. The standard InChI is InChI=1S/C19H32N4O3S/c1-5-15(3)23-18(24)12-14-22-19(20-6-2)21-13-11-16-7-9-17(10-8-16)27(4,25)26/h7-10,15H,5-6,11-14H2,1-4H3,(H,23,24)(H2,20,21,22). The van der Waals surface area contributed by atoms with E-state index in [0.717, 1.165) is 24.9 Å². The van der Waals surface area contributed by atoms with Gasteiger partial charge in [0.15, 0.2) is 15.8 Å². The van der Waals surface area contributed by atoms with Crippen LogP contribution in [0.1, 0.15) is 39.2 Å². The number of sulfone groups is 1. The fourth-order valence-corrected chi connectivity index (χ4v) is 2.92. The molecule has 1 aromatic rings. The number of amides is 1. The summed E-state index contributed by atoms with van der Waals surface area (Å²) in [6, 6.07) is 7.07. The van der Waals surface area contributed by atoms with Crippen LogP contribution in [-0.4, -0.2) is 52.2 Å². The summed E-state index contributed by atoms with van der Waals surface area (Å²) >= 11 is 0. The second kappa shape index (κ2) is 11.6. The zero-order chi connectivity index (χ0) is 20.3. The van der Waals surface area contributed by atoms with Crippen LogP contribution in [0.25, 0.3) is 0 Å². The van der Waals surface area contributed by atoms with Crippen molar-refractivity contribution in [2.75, 3.05) is 25.9 Å². The first-order valence-electron chi connectivity index (χ1n) is 9.36. The Balaban J connectivity index is 2.46. The van der Waals surface area contributed by atoms with Gasteiger partial charge in [-0.05, 0) is 44.4 Å². The molecule has 0 saturated carbocycles. The van der Waals surface area contributed by atoms with Crippen molar-refractivity contribution in [3.63, 3.8) is 0 Å². The van der Waals surface area contributed by atoms with E-state index in [-0.39, 0.29) is 11.9 Å². The molecule has 0 aliphatic heterocycles. The van der Waals surface area contributed by atoms with Crippen LogP contribution in [0, 0.1) is 0 Å². The van der Waals surface area contributed by atoms with Crippen molar-refractivity contribution in [1.82, 2.24) is 16.0 Å². The van der Waals surface area contributed by atoms with Crippen molar-refractivity contribution in [3.05, 3.63) is 29.8 Å². The van der Waals surface area contributed by atoms with Crippen molar-refractivity contribution in [3.8, 4) is 0 Å². The van der Waals surface area contributed by atoms with Gasteiger partial charge in [-0.25, -0.2) is 8.42 Å². The summed E-state index contributed by atoms with van der Waals surface area (Å²) in [7, 11) is -3.17. The van der Waals surface area contributed by atoms with E-state index in [2.05, 4.69) is 20.9 Å². The molecule has 0 aromatic heterocycles. The number of carbonyl (C=O) groups excluding carboxylic acids is 1. The second-order valence-corrected chi connectivity index (χ2v) is 8.50. The molecule has 1 atom stereocenters. The Morgan fingerprint density at radius 2 is 1.81 bits per heavy atom. The SMILES string of the molecule is CCNC(=NCCC(=O)NC(C)CC)NCCc1ccc(S(C)(=O)=O)cc1. The predicted molar refractivity (Wildman–Crippen MR) is 110 cm³/mol. The number of benzene rings is 1. The summed E-state index contributed by atoms with van der Waals surface area (Å²) in [6.45, 7) is 7.80. The normalized spacial score (nSPS) is 13.1. The van der Waals surface area contributed by atoms with Crippen molar-refractivity contribution < 1.29 is 13.2 Å². The topological polar surface area (TPSA) is 99.7 Å². The Bertz CT molecular complexity index is 715. The van der Waals surface area contributed by atoms with Gasteiger partial charge in [-0.2, -0.15) is 0 Å². The summed E-state index contributed by atoms with van der Waals surface area (Å²) in [5.74, 6) is 0.677. The lowest BCUT2D eigenvalue weighted by atomic mass is 10.1. The molecule has 0 fully saturated rings. The lowest BCUT2D eigenvalue weighted by Crippen LogP contribution is -2.38. The number of hydrogen-bond donors (Lipinski definition) is 3. The highest BCUT2D eigenvalue weighted by Crippen LogP contribution is 2.10. The molecule has 8 heteroatoms. The smallest absolute Gasteiger partial charge is 0.222 e. The van der Waals surface area contributed by atoms with Crippen molar-refractivity contribution in [1.29, 1.82) is 0 Å². The Kier molecular flexibility index (Phi) is 9.85. The third kappa shape index (κ3) is 9.42. The van der Waals surface area contributed by atoms with E-state index in [1.165, 1.54) is 6.26 Å². The molecular formula is C19H32N4O3S. The van der Waals surface area contributed by atoms with Gasteiger partial charge in [0.1, 0.15) is 0 Å². The van der Waals surface area contributed by atoms with Crippen LogP contribution in [0.5, 0.6) is 0 Å². The van der Waals surface area contributed by atoms with Gasteiger partial charge in [-0.1, -0.05) is 19.1 Å². The van der Waals surface area contributed by atoms with Gasteiger partial charge >= 0.3 is 0 Å². The molecule has 27 heavy (non-hydrogen) atoms. The van der Waals surface area contributed by atoms with E-state index in [0.29, 0.717) is 30.4 Å². The van der Waals surface area contributed by atoms with Gasteiger partial charge in [0.25, 0.3) is 0 Å². The number of hydrogen-bond acceptors (Lipinski definition) is 4. The van der Waals surface area contributed by atoms with Crippen molar-refractivity contribution in [2.24, 2.45) is 4.99 Å². The zero-order valence-corrected chi connectivity index (χ0v) is 17.5. The Hall–Kier alpha value is -2.09. The first-order valence-corrected chi connectivity index (χ1v) is 11.3. The van der Waals surface area contributed by atoms with Gasteiger partial charge in [0.05, 0.1) is 11.4 Å². The van der Waals surface area contributed by atoms with Crippen molar-refractivity contribution >= 4 is 21.7 Å².